The zero-order chi connectivity index (χ0) is 15.2. The molecule has 0 aliphatic carbocycles. The molecule has 0 atom stereocenters. The van der Waals surface area contributed by atoms with Gasteiger partial charge in [0.2, 0.25) is 10.0 Å². The van der Waals surface area contributed by atoms with Crippen LogP contribution in [0, 0.1) is 5.41 Å². The van der Waals surface area contributed by atoms with Crippen molar-refractivity contribution in [3.05, 3.63) is 0 Å². The van der Waals surface area contributed by atoms with Crippen LogP contribution in [-0.2, 0) is 10.0 Å². The minimum absolute atomic E-state index is 0. The van der Waals surface area contributed by atoms with E-state index in [0.717, 1.165) is 25.6 Å². The van der Waals surface area contributed by atoms with E-state index < -0.39 is 10.0 Å². The molecule has 0 radical (unpaired) electrons. The fourth-order valence-corrected chi connectivity index (χ4v) is 2.76. The number of hydrogen-bond donors (Lipinski definition) is 2. The first-order chi connectivity index (χ1) is 9.23. The topological polar surface area (TPSA) is 73.8 Å². The SMILES string of the molecule is CCNC(=NCCCNS(C)(=O)=O)N1CCC(C)(C)C1.I. The van der Waals surface area contributed by atoms with E-state index in [1.54, 1.807) is 0 Å². The molecular formula is C13H29IN4O2S. The summed E-state index contributed by atoms with van der Waals surface area (Å²) in [5.74, 6) is 0.942. The minimum atomic E-state index is -3.09. The third kappa shape index (κ3) is 8.82. The van der Waals surface area contributed by atoms with Gasteiger partial charge in [-0.25, -0.2) is 13.1 Å². The van der Waals surface area contributed by atoms with Crippen molar-refractivity contribution in [3.8, 4) is 0 Å². The standard InChI is InChI=1S/C13H28N4O2S.HI/c1-5-14-12(17-10-7-13(2,3)11-17)15-8-6-9-16-20(4,18)19;/h16H,5-11H2,1-4H3,(H,14,15);1H. The van der Waals surface area contributed by atoms with Crippen LogP contribution in [0.5, 0.6) is 0 Å². The number of halogens is 1. The van der Waals surface area contributed by atoms with Crippen molar-refractivity contribution in [2.75, 3.05) is 39.0 Å². The van der Waals surface area contributed by atoms with Crippen molar-refractivity contribution in [2.24, 2.45) is 10.4 Å². The van der Waals surface area contributed by atoms with Crippen LogP contribution in [0.1, 0.15) is 33.6 Å². The van der Waals surface area contributed by atoms with Gasteiger partial charge in [-0.05, 0) is 25.2 Å². The third-order valence-corrected chi connectivity index (χ3v) is 4.00. The number of nitrogens with zero attached hydrogens (tertiary/aromatic N) is 2. The molecule has 6 nitrogen and oxygen atoms in total. The van der Waals surface area contributed by atoms with E-state index >= 15 is 0 Å². The van der Waals surface area contributed by atoms with Gasteiger partial charge in [0.15, 0.2) is 5.96 Å². The Balaban J connectivity index is 0.00000400. The van der Waals surface area contributed by atoms with Crippen molar-refractivity contribution in [3.63, 3.8) is 0 Å². The highest BCUT2D eigenvalue weighted by Gasteiger charge is 2.30. The molecule has 0 aromatic carbocycles. The van der Waals surface area contributed by atoms with Crippen LogP contribution >= 0.6 is 24.0 Å². The molecule has 126 valence electrons. The molecule has 1 aliphatic rings. The quantitative estimate of drug-likeness (QED) is 0.287. The van der Waals surface area contributed by atoms with E-state index in [2.05, 4.69) is 40.7 Å². The maximum Gasteiger partial charge on any atom is 0.208 e. The van der Waals surface area contributed by atoms with Gasteiger partial charge in [0.05, 0.1) is 6.26 Å². The Morgan fingerprint density at radius 3 is 2.52 bits per heavy atom. The predicted molar refractivity (Wildman–Crippen MR) is 98.8 cm³/mol. The molecule has 0 aromatic heterocycles. The number of guanidine groups is 1. The zero-order valence-electron chi connectivity index (χ0n) is 13.5. The maximum absolute atomic E-state index is 10.9. The summed E-state index contributed by atoms with van der Waals surface area (Å²) in [6.07, 6.45) is 3.05. The van der Waals surface area contributed by atoms with Crippen LogP contribution < -0.4 is 10.0 Å². The average molecular weight is 432 g/mol. The van der Waals surface area contributed by atoms with Crippen LogP contribution in [0.2, 0.25) is 0 Å². The Morgan fingerprint density at radius 2 is 2.05 bits per heavy atom. The van der Waals surface area contributed by atoms with Crippen molar-refractivity contribution < 1.29 is 8.42 Å². The second-order valence-corrected chi connectivity index (χ2v) is 7.92. The molecule has 1 heterocycles. The summed E-state index contributed by atoms with van der Waals surface area (Å²) in [4.78, 5) is 6.86. The molecule has 0 amide bonds. The van der Waals surface area contributed by atoms with E-state index in [4.69, 9.17) is 0 Å². The summed E-state index contributed by atoms with van der Waals surface area (Å²) >= 11 is 0. The molecule has 8 heteroatoms. The van der Waals surface area contributed by atoms with Gasteiger partial charge >= 0.3 is 0 Å². The van der Waals surface area contributed by atoms with Gasteiger partial charge in [0.1, 0.15) is 0 Å². The van der Waals surface area contributed by atoms with Gasteiger partial charge < -0.3 is 10.2 Å². The van der Waals surface area contributed by atoms with Gasteiger partial charge in [-0.1, -0.05) is 13.8 Å². The van der Waals surface area contributed by atoms with E-state index in [0.29, 0.717) is 24.9 Å². The van der Waals surface area contributed by atoms with Crippen LogP contribution in [0.15, 0.2) is 4.99 Å². The third-order valence-electron chi connectivity index (χ3n) is 3.27. The lowest BCUT2D eigenvalue weighted by Gasteiger charge is -2.23. The molecular weight excluding hydrogens is 403 g/mol. The second-order valence-electron chi connectivity index (χ2n) is 6.09. The summed E-state index contributed by atoms with van der Waals surface area (Å²) < 4.78 is 24.4. The summed E-state index contributed by atoms with van der Waals surface area (Å²) in [7, 11) is -3.09. The van der Waals surface area contributed by atoms with E-state index in [9.17, 15) is 8.42 Å². The molecule has 1 fully saturated rings. The fraction of sp³-hybridized carbons (Fsp3) is 0.923. The Morgan fingerprint density at radius 1 is 1.38 bits per heavy atom. The first-order valence-electron chi connectivity index (χ1n) is 7.21. The lowest BCUT2D eigenvalue weighted by atomic mass is 9.93. The van der Waals surface area contributed by atoms with Gasteiger partial charge in [-0.15, -0.1) is 24.0 Å². The number of nitrogens with one attached hydrogen (secondary N) is 2. The van der Waals surface area contributed by atoms with Gasteiger partial charge in [0, 0.05) is 32.7 Å². The Bertz CT molecular complexity index is 437. The van der Waals surface area contributed by atoms with Gasteiger partial charge in [-0.3, -0.25) is 4.99 Å². The normalized spacial score (nSPS) is 18.5. The van der Waals surface area contributed by atoms with Crippen molar-refractivity contribution >= 4 is 40.0 Å². The summed E-state index contributed by atoms with van der Waals surface area (Å²) in [5, 5.41) is 3.31. The number of aliphatic imine (C=N–C) groups is 1. The summed E-state index contributed by atoms with van der Waals surface area (Å²) in [6.45, 7) is 10.5. The molecule has 1 rings (SSSR count). The lowest BCUT2D eigenvalue weighted by Crippen LogP contribution is -2.40. The number of hydrogen-bond acceptors (Lipinski definition) is 3. The lowest BCUT2D eigenvalue weighted by molar-refractivity contribution is 0.370. The van der Waals surface area contributed by atoms with Crippen LogP contribution in [0.3, 0.4) is 0 Å². The fourth-order valence-electron chi connectivity index (χ4n) is 2.24. The Kier molecular flexibility index (Phi) is 9.10. The molecule has 2 N–H and O–H groups in total. The first kappa shape index (κ1) is 20.9. The highest BCUT2D eigenvalue weighted by atomic mass is 127. The summed E-state index contributed by atoms with van der Waals surface area (Å²) in [5.41, 5.74) is 0.341. The first-order valence-corrected chi connectivity index (χ1v) is 9.10. The van der Waals surface area contributed by atoms with E-state index in [-0.39, 0.29) is 24.0 Å². The van der Waals surface area contributed by atoms with Gasteiger partial charge in [-0.2, -0.15) is 0 Å². The monoisotopic (exact) mass is 432 g/mol. The van der Waals surface area contributed by atoms with Crippen LogP contribution in [0.4, 0.5) is 0 Å². The number of sulfonamides is 1. The molecule has 0 saturated carbocycles. The molecule has 0 unspecified atom stereocenters. The van der Waals surface area contributed by atoms with Crippen molar-refractivity contribution in [1.82, 2.24) is 14.9 Å². The second kappa shape index (κ2) is 9.14. The smallest absolute Gasteiger partial charge is 0.208 e. The summed E-state index contributed by atoms with van der Waals surface area (Å²) in [6, 6.07) is 0. The Hall–Kier alpha value is -0.0900. The molecule has 1 aliphatic heterocycles. The largest absolute Gasteiger partial charge is 0.357 e. The molecule has 0 aromatic rings. The predicted octanol–water partition coefficient (Wildman–Crippen LogP) is 1.24. The van der Waals surface area contributed by atoms with Crippen LogP contribution in [-0.4, -0.2) is 58.3 Å². The maximum atomic E-state index is 10.9. The molecule has 1 saturated heterocycles. The van der Waals surface area contributed by atoms with Gasteiger partial charge in [0.25, 0.3) is 0 Å². The molecule has 0 spiro atoms. The highest BCUT2D eigenvalue weighted by Crippen LogP contribution is 2.28. The van der Waals surface area contributed by atoms with Crippen molar-refractivity contribution in [2.45, 2.75) is 33.6 Å². The Labute approximate surface area is 146 Å². The number of likely N-dealkylation sites (tertiary alicyclic amines) is 1. The minimum Gasteiger partial charge on any atom is -0.357 e. The zero-order valence-corrected chi connectivity index (χ0v) is 16.6. The highest BCUT2D eigenvalue weighted by molar-refractivity contribution is 14.0. The molecule has 0 bridgehead atoms. The van der Waals surface area contributed by atoms with Crippen LogP contribution in [0.25, 0.3) is 0 Å². The van der Waals surface area contributed by atoms with Crippen molar-refractivity contribution in [1.29, 1.82) is 0 Å². The van der Waals surface area contributed by atoms with E-state index in [1.165, 1.54) is 12.7 Å². The average Bonchev–Trinajstić information content (AvgIpc) is 2.66. The molecule has 21 heavy (non-hydrogen) atoms. The number of rotatable bonds is 6. The van der Waals surface area contributed by atoms with E-state index in [1.807, 2.05) is 0 Å².